The van der Waals surface area contributed by atoms with Gasteiger partial charge >= 0.3 is 0 Å². The van der Waals surface area contributed by atoms with Crippen LogP contribution in [0.5, 0.6) is 0 Å². The molecule has 12 heteroatoms. The third kappa shape index (κ3) is 4.54. The van der Waals surface area contributed by atoms with Crippen molar-refractivity contribution in [3.8, 4) is 11.1 Å². The van der Waals surface area contributed by atoms with Gasteiger partial charge in [-0.3, -0.25) is 14.8 Å². The summed E-state index contributed by atoms with van der Waals surface area (Å²) in [6, 6.07) is 9.43. The van der Waals surface area contributed by atoms with Gasteiger partial charge in [0, 0.05) is 72.8 Å². The van der Waals surface area contributed by atoms with Gasteiger partial charge < -0.3 is 14.8 Å². The normalized spacial score (nSPS) is 15.9. The number of aromatic nitrogens is 5. The minimum absolute atomic E-state index is 0.271. The molecule has 3 aromatic heterocycles. The summed E-state index contributed by atoms with van der Waals surface area (Å²) in [4.78, 5) is 24.9. The molecule has 1 atom stereocenters. The smallest absolute Gasteiger partial charge is 0.257 e. The van der Waals surface area contributed by atoms with Gasteiger partial charge in [-0.15, -0.1) is 11.3 Å². The number of anilines is 2. The van der Waals surface area contributed by atoms with Crippen LogP contribution in [0.1, 0.15) is 23.9 Å². The van der Waals surface area contributed by atoms with Crippen molar-refractivity contribution in [2.75, 3.05) is 36.4 Å². The Kier molecular flexibility index (Phi) is 6.71. The van der Waals surface area contributed by atoms with Crippen LogP contribution >= 0.6 is 34.5 Å². The number of halogens is 2. The number of benzene rings is 2. The lowest BCUT2D eigenvalue weighted by Crippen LogP contribution is -2.43. The molecule has 2 aliphatic rings. The number of fused-ring (bicyclic) bond motifs is 2. The fourth-order valence-corrected chi connectivity index (χ4v) is 6.68. The van der Waals surface area contributed by atoms with Gasteiger partial charge in [0.2, 0.25) is 0 Å². The number of carbonyl (C=O) groups excluding carboxylic acids is 1. The van der Waals surface area contributed by atoms with E-state index in [1.807, 2.05) is 11.4 Å². The van der Waals surface area contributed by atoms with E-state index in [4.69, 9.17) is 28.3 Å². The Balaban J connectivity index is 1.28. The molecule has 0 spiro atoms. The number of hydrogen-bond donors (Lipinski definition) is 2. The molecule has 1 unspecified atom stereocenters. The Bertz CT molecular complexity index is 1690. The number of thiazole rings is 1. The number of nitrogens with zero attached hydrogens (tertiary/aromatic N) is 6. The second kappa shape index (κ2) is 10.5. The highest BCUT2D eigenvalue weighted by atomic mass is 35.5. The van der Waals surface area contributed by atoms with Crippen molar-refractivity contribution in [2.45, 2.75) is 25.4 Å². The first-order chi connectivity index (χ1) is 19.6. The van der Waals surface area contributed by atoms with E-state index in [-0.39, 0.29) is 5.91 Å². The first-order valence-corrected chi connectivity index (χ1v) is 14.9. The zero-order chi connectivity index (χ0) is 27.2. The van der Waals surface area contributed by atoms with E-state index in [9.17, 15) is 4.79 Å². The third-order valence-electron chi connectivity index (χ3n) is 7.59. The van der Waals surface area contributed by atoms with Gasteiger partial charge in [0.1, 0.15) is 5.52 Å². The van der Waals surface area contributed by atoms with Gasteiger partial charge in [0.25, 0.3) is 5.91 Å². The highest BCUT2D eigenvalue weighted by Gasteiger charge is 2.32. The van der Waals surface area contributed by atoms with Crippen LogP contribution in [0.2, 0.25) is 10.0 Å². The molecule has 0 saturated carbocycles. The molecule has 0 aliphatic carbocycles. The standard InChI is InChI=1S/C28H26Cl2N8OS/c29-21-14-19(17-3-5-18(6-4-17)36-11-7-31-8-12-36)23(30)24-20(21)15-38(35-24)26(27(39)34-28-32-9-13-40-28)25-22-2-1-10-37(22)16-33-25/h3-6,9,13-16,26,31H,1-2,7-8,10-12H2,(H,32,34,39). The molecule has 1 fully saturated rings. The number of amides is 1. The second-order valence-corrected chi connectivity index (χ2v) is 11.7. The summed E-state index contributed by atoms with van der Waals surface area (Å²) in [5, 5.41) is 15.2. The number of aryl methyl sites for hydroxylation is 1. The predicted molar refractivity (Wildman–Crippen MR) is 160 cm³/mol. The highest BCUT2D eigenvalue weighted by Crippen LogP contribution is 2.40. The van der Waals surface area contributed by atoms with E-state index in [1.54, 1.807) is 23.4 Å². The van der Waals surface area contributed by atoms with E-state index in [0.29, 0.717) is 31.8 Å². The van der Waals surface area contributed by atoms with Crippen LogP contribution in [0.25, 0.3) is 22.0 Å². The van der Waals surface area contributed by atoms with Crippen LogP contribution in [0, 0.1) is 0 Å². The summed E-state index contributed by atoms with van der Waals surface area (Å²) in [5.41, 5.74) is 5.18. The molecule has 7 rings (SSSR count). The van der Waals surface area contributed by atoms with E-state index in [0.717, 1.165) is 62.4 Å². The summed E-state index contributed by atoms with van der Waals surface area (Å²) in [5.74, 6) is -0.271. The topological polar surface area (TPSA) is 92.9 Å². The van der Waals surface area contributed by atoms with Gasteiger partial charge in [0.05, 0.1) is 22.1 Å². The molecule has 204 valence electrons. The van der Waals surface area contributed by atoms with Gasteiger partial charge in [-0.1, -0.05) is 35.3 Å². The number of imidazole rings is 1. The van der Waals surface area contributed by atoms with Crippen molar-refractivity contribution >= 4 is 62.2 Å². The number of hydrogen-bond acceptors (Lipinski definition) is 7. The molecule has 2 N–H and O–H groups in total. The molecule has 1 amide bonds. The SMILES string of the molecule is O=C(Nc1nccs1)C(c1ncn2c1CCC2)n1cc2c(Cl)cc(-c3ccc(N4CCNCC4)cc3)c(Cl)c2n1. The summed E-state index contributed by atoms with van der Waals surface area (Å²) in [6.45, 7) is 4.80. The molecule has 9 nitrogen and oxygen atoms in total. The second-order valence-electron chi connectivity index (χ2n) is 9.98. The summed E-state index contributed by atoms with van der Waals surface area (Å²) in [7, 11) is 0. The highest BCUT2D eigenvalue weighted by molar-refractivity contribution is 7.13. The molecule has 0 bridgehead atoms. The fourth-order valence-electron chi connectivity index (χ4n) is 5.60. The van der Waals surface area contributed by atoms with Crippen LogP contribution in [0.4, 0.5) is 10.8 Å². The Morgan fingerprint density at radius 1 is 1.10 bits per heavy atom. The average molecular weight is 594 g/mol. The van der Waals surface area contributed by atoms with Crippen molar-refractivity contribution in [3.05, 3.63) is 75.9 Å². The maximum atomic E-state index is 13.7. The maximum Gasteiger partial charge on any atom is 0.257 e. The zero-order valence-electron chi connectivity index (χ0n) is 21.5. The molecular weight excluding hydrogens is 567 g/mol. The van der Waals surface area contributed by atoms with Crippen molar-refractivity contribution in [1.82, 2.24) is 29.6 Å². The number of piperazine rings is 1. The summed E-state index contributed by atoms with van der Waals surface area (Å²) < 4.78 is 3.73. The zero-order valence-corrected chi connectivity index (χ0v) is 23.8. The van der Waals surface area contributed by atoms with Crippen LogP contribution in [-0.4, -0.2) is 56.4 Å². The predicted octanol–water partition coefficient (Wildman–Crippen LogP) is 5.25. The monoisotopic (exact) mass is 592 g/mol. The third-order valence-corrected chi connectivity index (χ3v) is 8.97. The number of carbonyl (C=O) groups is 1. The van der Waals surface area contributed by atoms with Crippen LogP contribution in [-0.2, 0) is 17.8 Å². The van der Waals surface area contributed by atoms with Crippen molar-refractivity contribution in [3.63, 3.8) is 0 Å². The summed E-state index contributed by atoms with van der Waals surface area (Å²) in [6.07, 6.45) is 7.11. The van der Waals surface area contributed by atoms with Crippen LogP contribution in [0.15, 0.2) is 54.4 Å². The number of rotatable bonds is 6. The largest absolute Gasteiger partial charge is 0.369 e. The molecule has 2 aliphatic heterocycles. The molecule has 2 aromatic carbocycles. The Morgan fingerprint density at radius 3 is 2.70 bits per heavy atom. The molecule has 1 saturated heterocycles. The van der Waals surface area contributed by atoms with Gasteiger partial charge in [-0.05, 0) is 36.6 Å². The molecule has 0 radical (unpaired) electrons. The molecule has 5 heterocycles. The van der Waals surface area contributed by atoms with E-state index in [1.165, 1.54) is 17.0 Å². The quantitative estimate of drug-likeness (QED) is 0.280. The fraction of sp³-hybridized carbons (Fsp3) is 0.286. The van der Waals surface area contributed by atoms with Crippen molar-refractivity contribution in [1.29, 1.82) is 0 Å². The molecule has 40 heavy (non-hydrogen) atoms. The lowest BCUT2D eigenvalue weighted by molar-refractivity contribution is -0.118. The summed E-state index contributed by atoms with van der Waals surface area (Å²) >= 11 is 15.2. The van der Waals surface area contributed by atoms with E-state index in [2.05, 4.69) is 54.3 Å². The van der Waals surface area contributed by atoms with Crippen LogP contribution in [0.3, 0.4) is 0 Å². The lowest BCUT2D eigenvalue weighted by Gasteiger charge is -2.29. The van der Waals surface area contributed by atoms with Crippen molar-refractivity contribution < 1.29 is 4.79 Å². The minimum Gasteiger partial charge on any atom is -0.369 e. The number of nitrogens with one attached hydrogen (secondary N) is 2. The minimum atomic E-state index is -0.806. The van der Waals surface area contributed by atoms with Gasteiger partial charge in [-0.2, -0.15) is 5.10 Å². The maximum absolute atomic E-state index is 13.7. The Morgan fingerprint density at radius 2 is 1.93 bits per heavy atom. The van der Waals surface area contributed by atoms with Crippen LogP contribution < -0.4 is 15.5 Å². The van der Waals surface area contributed by atoms with Gasteiger partial charge in [-0.25, -0.2) is 9.97 Å². The van der Waals surface area contributed by atoms with Gasteiger partial charge in [0.15, 0.2) is 11.2 Å². The first kappa shape index (κ1) is 25.5. The van der Waals surface area contributed by atoms with E-state index < -0.39 is 6.04 Å². The van der Waals surface area contributed by atoms with Crippen molar-refractivity contribution in [2.24, 2.45) is 0 Å². The molecular formula is C28H26Cl2N8OS. The Labute approximate surface area is 244 Å². The average Bonchev–Trinajstić information content (AvgIpc) is 3.78. The first-order valence-electron chi connectivity index (χ1n) is 13.2. The Hall–Kier alpha value is -3.44. The lowest BCUT2D eigenvalue weighted by atomic mass is 10.0. The molecule has 5 aromatic rings. The van der Waals surface area contributed by atoms with E-state index >= 15 is 0 Å².